The molecule has 0 aliphatic carbocycles. The normalized spacial score (nSPS) is 10.3. The van der Waals surface area contributed by atoms with Crippen LogP contribution in [-0.2, 0) is 5.75 Å². The summed E-state index contributed by atoms with van der Waals surface area (Å²) < 4.78 is 5.24. The molecule has 0 unspecified atom stereocenters. The minimum atomic E-state index is -0.371. The summed E-state index contributed by atoms with van der Waals surface area (Å²) >= 11 is 1.39. The standard InChI is InChI=1S/C11H12N4O2S/c1-7-4-13-11(14-5-7)18-6-9-8(2-3-17-9)10(16)15-12/h2-5H,6,12H2,1H3,(H,15,16). The molecule has 18 heavy (non-hydrogen) atoms. The van der Waals surface area contributed by atoms with Gasteiger partial charge in [-0.2, -0.15) is 0 Å². The van der Waals surface area contributed by atoms with Crippen LogP contribution in [-0.4, -0.2) is 15.9 Å². The summed E-state index contributed by atoms with van der Waals surface area (Å²) in [6, 6.07) is 1.58. The van der Waals surface area contributed by atoms with Crippen LogP contribution in [0.2, 0.25) is 0 Å². The number of hydrogen-bond donors (Lipinski definition) is 2. The Morgan fingerprint density at radius 1 is 1.50 bits per heavy atom. The molecule has 3 N–H and O–H groups in total. The van der Waals surface area contributed by atoms with Gasteiger partial charge >= 0.3 is 0 Å². The fraction of sp³-hybridized carbons (Fsp3) is 0.182. The minimum absolute atomic E-state index is 0.371. The quantitative estimate of drug-likeness (QED) is 0.284. The number of aromatic nitrogens is 2. The van der Waals surface area contributed by atoms with Crippen molar-refractivity contribution in [3.05, 3.63) is 41.6 Å². The van der Waals surface area contributed by atoms with Gasteiger partial charge in [-0.25, -0.2) is 15.8 Å². The molecular weight excluding hydrogens is 252 g/mol. The highest BCUT2D eigenvalue weighted by Crippen LogP contribution is 2.22. The van der Waals surface area contributed by atoms with Gasteiger partial charge in [0, 0.05) is 12.4 Å². The van der Waals surface area contributed by atoms with Crippen LogP contribution in [0.15, 0.2) is 34.3 Å². The van der Waals surface area contributed by atoms with E-state index >= 15 is 0 Å². The smallest absolute Gasteiger partial charge is 0.268 e. The molecule has 2 rings (SSSR count). The van der Waals surface area contributed by atoms with Crippen LogP contribution in [0.25, 0.3) is 0 Å². The Kier molecular flexibility index (Phi) is 3.96. The zero-order valence-electron chi connectivity index (χ0n) is 9.71. The van der Waals surface area contributed by atoms with Crippen LogP contribution in [0.5, 0.6) is 0 Å². The highest BCUT2D eigenvalue weighted by Gasteiger charge is 2.14. The van der Waals surface area contributed by atoms with Crippen LogP contribution in [0.4, 0.5) is 0 Å². The lowest BCUT2D eigenvalue weighted by Gasteiger charge is -2.01. The van der Waals surface area contributed by atoms with Crippen molar-refractivity contribution < 1.29 is 9.21 Å². The zero-order chi connectivity index (χ0) is 13.0. The molecule has 0 aromatic carbocycles. The number of aryl methyl sites for hydroxylation is 1. The van der Waals surface area contributed by atoms with Gasteiger partial charge in [0.1, 0.15) is 5.76 Å². The third kappa shape index (κ3) is 2.88. The molecule has 2 aromatic rings. The highest BCUT2D eigenvalue weighted by molar-refractivity contribution is 7.98. The summed E-state index contributed by atoms with van der Waals surface area (Å²) in [5, 5.41) is 0.635. The second kappa shape index (κ2) is 5.65. The van der Waals surface area contributed by atoms with Crippen molar-refractivity contribution in [2.45, 2.75) is 17.8 Å². The van der Waals surface area contributed by atoms with E-state index in [1.54, 1.807) is 18.5 Å². The number of rotatable bonds is 4. The van der Waals surface area contributed by atoms with Crippen molar-refractivity contribution in [3.8, 4) is 0 Å². The summed E-state index contributed by atoms with van der Waals surface area (Å²) in [5.74, 6) is 5.73. The lowest BCUT2D eigenvalue weighted by atomic mass is 10.2. The van der Waals surface area contributed by atoms with Gasteiger partial charge in [0.05, 0.1) is 17.6 Å². The third-order valence-corrected chi connectivity index (χ3v) is 3.09. The average Bonchev–Trinajstić information content (AvgIpc) is 2.85. The summed E-state index contributed by atoms with van der Waals surface area (Å²) in [7, 11) is 0. The van der Waals surface area contributed by atoms with Crippen molar-refractivity contribution in [1.29, 1.82) is 0 Å². The lowest BCUT2D eigenvalue weighted by Crippen LogP contribution is -2.30. The lowest BCUT2D eigenvalue weighted by molar-refractivity contribution is 0.0952. The number of nitrogens with two attached hydrogens (primary N) is 1. The Morgan fingerprint density at radius 3 is 2.89 bits per heavy atom. The van der Waals surface area contributed by atoms with Crippen molar-refractivity contribution in [1.82, 2.24) is 15.4 Å². The predicted octanol–water partition coefficient (Wildman–Crippen LogP) is 1.27. The fourth-order valence-corrected chi connectivity index (χ4v) is 2.06. The molecule has 0 saturated heterocycles. The Balaban J connectivity index is 2.04. The van der Waals surface area contributed by atoms with Crippen LogP contribution in [0.3, 0.4) is 0 Å². The molecule has 0 atom stereocenters. The topological polar surface area (TPSA) is 94.0 Å². The van der Waals surface area contributed by atoms with Gasteiger partial charge in [0.2, 0.25) is 0 Å². The maximum atomic E-state index is 11.4. The molecule has 1 amide bonds. The molecule has 7 heteroatoms. The molecule has 0 spiro atoms. The minimum Gasteiger partial charge on any atom is -0.468 e. The largest absolute Gasteiger partial charge is 0.468 e. The predicted molar refractivity (Wildman–Crippen MR) is 66.7 cm³/mol. The van der Waals surface area contributed by atoms with E-state index in [0.29, 0.717) is 22.2 Å². The number of furan rings is 1. The second-order valence-electron chi connectivity index (χ2n) is 3.56. The van der Waals surface area contributed by atoms with Gasteiger partial charge < -0.3 is 4.42 Å². The third-order valence-electron chi connectivity index (χ3n) is 2.21. The SMILES string of the molecule is Cc1cnc(SCc2occc2C(=O)NN)nc1. The number of nitrogens with one attached hydrogen (secondary N) is 1. The van der Waals surface area contributed by atoms with E-state index < -0.39 is 0 Å². The monoisotopic (exact) mass is 264 g/mol. The molecule has 0 radical (unpaired) electrons. The molecule has 94 valence electrons. The first-order valence-electron chi connectivity index (χ1n) is 5.19. The number of nitrogens with zero attached hydrogens (tertiary/aromatic N) is 2. The molecule has 0 aliphatic heterocycles. The first-order chi connectivity index (χ1) is 8.70. The first kappa shape index (κ1) is 12.6. The molecular formula is C11H12N4O2S. The van der Waals surface area contributed by atoms with Gasteiger partial charge in [-0.3, -0.25) is 10.2 Å². The van der Waals surface area contributed by atoms with Crippen LogP contribution in [0, 0.1) is 6.92 Å². The van der Waals surface area contributed by atoms with Gasteiger partial charge in [0.15, 0.2) is 5.16 Å². The van der Waals surface area contributed by atoms with E-state index in [9.17, 15) is 4.79 Å². The van der Waals surface area contributed by atoms with Crippen LogP contribution >= 0.6 is 11.8 Å². The summed E-state index contributed by atoms with van der Waals surface area (Å²) in [6.45, 7) is 1.92. The maximum Gasteiger partial charge on any atom is 0.268 e. The number of nitrogen functional groups attached to an aromatic ring is 1. The number of thioether (sulfide) groups is 1. The van der Waals surface area contributed by atoms with Gasteiger partial charge in [0.25, 0.3) is 5.91 Å². The summed E-state index contributed by atoms with van der Waals surface area (Å²) in [6.07, 6.45) is 4.94. The number of hydrogen-bond acceptors (Lipinski definition) is 6. The van der Waals surface area contributed by atoms with Crippen molar-refractivity contribution in [2.75, 3.05) is 0 Å². The van der Waals surface area contributed by atoms with Crippen molar-refractivity contribution in [2.24, 2.45) is 5.84 Å². The van der Waals surface area contributed by atoms with E-state index in [0.717, 1.165) is 5.56 Å². The Morgan fingerprint density at radius 2 is 2.22 bits per heavy atom. The van der Waals surface area contributed by atoms with Gasteiger partial charge in [-0.05, 0) is 18.6 Å². The zero-order valence-corrected chi connectivity index (χ0v) is 10.5. The molecule has 6 nitrogen and oxygen atoms in total. The van der Waals surface area contributed by atoms with Crippen molar-refractivity contribution >= 4 is 17.7 Å². The van der Waals surface area contributed by atoms with E-state index in [2.05, 4.69) is 15.4 Å². The highest BCUT2D eigenvalue weighted by atomic mass is 32.2. The summed E-state index contributed by atoms with van der Waals surface area (Å²) in [5.41, 5.74) is 3.50. The van der Waals surface area contributed by atoms with Crippen LogP contribution < -0.4 is 11.3 Å². The number of carbonyl (C=O) groups is 1. The molecule has 2 aromatic heterocycles. The molecule has 0 fully saturated rings. The first-order valence-corrected chi connectivity index (χ1v) is 6.18. The van der Waals surface area contributed by atoms with Gasteiger partial charge in [-0.1, -0.05) is 11.8 Å². The Hall–Kier alpha value is -1.86. The number of hydrazine groups is 1. The van der Waals surface area contributed by atoms with Crippen molar-refractivity contribution in [3.63, 3.8) is 0 Å². The summed E-state index contributed by atoms with van der Waals surface area (Å²) in [4.78, 5) is 19.7. The average molecular weight is 264 g/mol. The number of amides is 1. The maximum absolute atomic E-state index is 11.4. The second-order valence-corrected chi connectivity index (χ2v) is 4.51. The fourth-order valence-electron chi connectivity index (χ4n) is 1.32. The number of carbonyl (C=O) groups excluding carboxylic acids is 1. The van der Waals surface area contributed by atoms with E-state index in [1.807, 2.05) is 6.92 Å². The van der Waals surface area contributed by atoms with Crippen LogP contribution in [0.1, 0.15) is 21.7 Å². The molecule has 0 saturated carbocycles. The van der Waals surface area contributed by atoms with Gasteiger partial charge in [-0.15, -0.1) is 0 Å². The Bertz CT molecular complexity index is 538. The van der Waals surface area contributed by atoms with E-state index in [-0.39, 0.29) is 5.91 Å². The molecule has 0 bridgehead atoms. The Labute approximate surface area is 108 Å². The molecule has 2 heterocycles. The molecule has 0 aliphatic rings. The van der Waals surface area contributed by atoms with E-state index in [1.165, 1.54) is 18.0 Å². The van der Waals surface area contributed by atoms with E-state index in [4.69, 9.17) is 10.3 Å².